The molecule has 1 aliphatic rings. The molecule has 0 bridgehead atoms. The first-order valence-electron chi connectivity index (χ1n) is 5.49. The molecule has 0 aromatic heterocycles. The van der Waals surface area contributed by atoms with Gasteiger partial charge in [-0.2, -0.15) is 0 Å². The Bertz CT molecular complexity index is 362. The van der Waals surface area contributed by atoms with Gasteiger partial charge in [0.15, 0.2) is 0 Å². The third kappa shape index (κ3) is 2.52. The molecule has 4 nitrogen and oxygen atoms in total. The third-order valence-electron chi connectivity index (χ3n) is 2.69. The first kappa shape index (κ1) is 11.0. The van der Waals surface area contributed by atoms with E-state index in [0.29, 0.717) is 19.7 Å². The van der Waals surface area contributed by atoms with Crippen LogP contribution in [0.25, 0.3) is 0 Å². The highest BCUT2D eigenvalue weighted by molar-refractivity contribution is 5.68. The highest BCUT2D eigenvalue weighted by Gasteiger charge is 2.19. The molecule has 0 radical (unpaired) electrons. The van der Waals surface area contributed by atoms with Crippen LogP contribution in [0.5, 0.6) is 0 Å². The van der Waals surface area contributed by atoms with Crippen LogP contribution in [0.3, 0.4) is 0 Å². The van der Waals surface area contributed by atoms with Gasteiger partial charge in [-0.15, -0.1) is 0 Å². The number of nitrogens with two attached hydrogens (primary N) is 1. The van der Waals surface area contributed by atoms with Crippen molar-refractivity contribution >= 4 is 6.09 Å². The van der Waals surface area contributed by atoms with Gasteiger partial charge in [0.05, 0.1) is 6.61 Å². The van der Waals surface area contributed by atoms with Gasteiger partial charge in [0.1, 0.15) is 0 Å². The number of carbonyl (C=O) groups is 1. The molecule has 1 fully saturated rings. The van der Waals surface area contributed by atoms with Gasteiger partial charge in [-0.25, -0.2) is 4.79 Å². The molecule has 16 heavy (non-hydrogen) atoms. The predicted octanol–water partition coefficient (Wildman–Crippen LogP) is 1.49. The number of amides is 1. The molecule has 1 amide bonds. The second kappa shape index (κ2) is 4.99. The Morgan fingerprint density at radius 1 is 1.25 bits per heavy atom. The molecule has 2 N–H and O–H groups in total. The monoisotopic (exact) mass is 220 g/mol. The van der Waals surface area contributed by atoms with E-state index in [4.69, 9.17) is 10.5 Å². The summed E-state index contributed by atoms with van der Waals surface area (Å²) in [5.74, 6) is 0. The van der Waals surface area contributed by atoms with Crippen molar-refractivity contribution in [1.29, 1.82) is 0 Å². The fourth-order valence-electron chi connectivity index (χ4n) is 1.74. The smallest absolute Gasteiger partial charge is 0.410 e. The topological polar surface area (TPSA) is 55.6 Å². The number of cyclic esters (lactones) is 1. The quantitative estimate of drug-likeness (QED) is 0.839. The number of ether oxygens (including phenoxy) is 1. The number of carbonyl (C=O) groups excluding carboxylic acids is 1. The lowest BCUT2D eigenvalue weighted by Crippen LogP contribution is -2.37. The zero-order valence-corrected chi connectivity index (χ0v) is 9.19. The van der Waals surface area contributed by atoms with Gasteiger partial charge >= 0.3 is 6.09 Å². The van der Waals surface area contributed by atoms with Crippen LogP contribution in [0.2, 0.25) is 0 Å². The summed E-state index contributed by atoms with van der Waals surface area (Å²) < 4.78 is 4.97. The summed E-state index contributed by atoms with van der Waals surface area (Å²) in [4.78, 5) is 13.1. The number of benzene rings is 1. The minimum atomic E-state index is -0.214. The maximum atomic E-state index is 11.4. The summed E-state index contributed by atoms with van der Waals surface area (Å²) in [6, 6.07) is 7.99. The van der Waals surface area contributed by atoms with Gasteiger partial charge in [-0.3, -0.25) is 0 Å². The summed E-state index contributed by atoms with van der Waals surface area (Å²) in [6.45, 7) is 2.48. The molecular weight excluding hydrogens is 204 g/mol. The number of hydrogen-bond donors (Lipinski definition) is 1. The lowest BCUT2D eigenvalue weighted by molar-refractivity contribution is 0.0700. The van der Waals surface area contributed by atoms with E-state index in [0.717, 1.165) is 24.1 Å². The summed E-state index contributed by atoms with van der Waals surface area (Å²) in [6.07, 6.45) is 0.696. The van der Waals surface area contributed by atoms with Crippen molar-refractivity contribution < 1.29 is 9.53 Å². The van der Waals surface area contributed by atoms with E-state index in [1.165, 1.54) is 0 Å². The van der Waals surface area contributed by atoms with E-state index < -0.39 is 0 Å². The SMILES string of the molecule is NCc1ccc(CN2CCCOC2=O)cc1. The van der Waals surface area contributed by atoms with Crippen LogP contribution >= 0.6 is 0 Å². The van der Waals surface area contributed by atoms with Crippen LogP contribution in [0, 0.1) is 0 Å². The summed E-state index contributed by atoms with van der Waals surface area (Å²) in [5, 5.41) is 0. The summed E-state index contributed by atoms with van der Waals surface area (Å²) >= 11 is 0. The molecule has 0 atom stereocenters. The van der Waals surface area contributed by atoms with Gasteiger partial charge in [0.25, 0.3) is 0 Å². The molecule has 1 heterocycles. The first-order chi connectivity index (χ1) is 7.79. The molecule has 86 valence electrons. The highest BCUT2D eigenvalue weighted by Crippen LogP contribution is 2.11. The average molecular weight is 220 g/mol. The number of rotatable bonds is 3. The molecule has 1 aliphatic heterocycles. The summed E-state index contributed by atoms with van der Waals surface area (Å²) in [5.41, 5.74) is 7.73. The van der Waals surface area contributed by atoms with E-state index in [-0.39, 0.29) is 6.09 Å². The van der Waals surface area contributed by atoms with Crippen molar-refractivity contribution in [3.05, 3.63) is 35.4 Å². The van der Waals surface area contributed by atoms with Crippen molar-refractivity contribution in [3.8, 4) is 0 Å². The standard InChI is InChI=1S/C12H16N2O2/c13-8-10-2-4-11(5-3-10)9-14-6-1-7-16-12(14)15/h2-5H,1,6-9,13H2. The molecular formula is C12H16N2O2. The van der Waals surface area contributed by atoms with E-state index in [1.807, 2.05) is 24.3 Å². The Morgan fingerprint density at radius 3 is 2.56 bits per heavy atom. The van der Waals surface area contributed by atoms with Gasteiger partial charge in [-0.05, 0) is 17.5 Å². The molecule has 1 aromatic rings. The van der Waals surface area contributed by atoms with Crippen LogP contribution in [0.1, 0.15) is 17.5 Å². The highest BCUT2D eigenvalue weighted by atomic mass is 16.6. The molecule has 2 rings (SSSR count). The Hall–Kier alpha value is -1.55. The lowest BCUT2D eigenvalue weighted by atomic mass is 10.1. The van der Waals surface area contributed by atoms with Crippen molar-refractivity contribution in [2.45, 2.75) is 19.5 Å². The van der Waals surface area contributed by atoms with E-state index >= 15 is 0 Å². The van der Waals surface area contributed by atoms with Crippen molar-refractivity contribution in [3.63, 3.8) is 0 Å². The Kier molecular flexibility index (Phi) is 3.41. The molecule has 0 saturated carbocycles. The minimum Gasteiger partial charge on any atom is -0.449 e. The second-order valence-electron chi connectivity index (χ2n) is 3.91. The molecule has 4 heteroatoms. The zero-order chi connectivity index (χ0) is 11.4. The molecule has 0 unspecified atom stereocenters. The second-order valence-corrected chi connectivity index (χ2v) is 3.91. The fraction of sp³-hybridized carbons (Fsp3) is 0.417. The van der Waals surface area contributed by atoms with Gasteiger partial charge in [0.2, 0.25) is 0 Å². The van der Waals surface area contributed by atoms with Crippen molar-refractivity contribution in [1.82, 2.24) is 4.90 Å². The fourth-order valence-corrected chi connectivity index (χ4v) is 1.74. The number of hydrogen-bond acceptors (Lipinski definition) is 3. The largest absolute Gasteiger partial charge is 0.449 e. The van der Waals surface area contributed by atoms with Crippen LogP contribution in [-0.2, 0) is 17.8 Å². The van der Waals surface area contributed by atoms with Crippen LogP contribution in [-0.4, -0.2) is 24.1 Å². The zero-order valence-electron chi connectivity index (χ0n) is 9.19. The number of nitrogens with zero attached hydrogens (tertiary/aromatic N) is 1. The van der Waals surface area contributed by atoms with Crippen molar-refractivity contribution in [2.75, 3.05) is 13.2 Å². The van der Waals surface area contributed by atoms with Gasteiger partial charge in [0, 0.05) is 19.6 Å². The van der Waals surface area contributed by atoms with Gasteiger partial charge in [-0.1, -0.05) is 24.3 Å². The van der Waals surface area contributed by atoms with Crippen LogP contribution < -0.4 is 5.73 Å². The van der Waals surface area contributed by atoms with Crippen molar-refractivity contribution in [2.24, 2.45) is 5.73 Å². The molecule has 0 spiro atoms. The molecule has 1 aromatic carbocycles. The average Bonchev–Trinajstić information content (AvgIpc) is 2.33. The van der Waals surface area contributed by atoms with E-state index in [2.05, 4.69) is 0 Å². The Labute approximate surface area is 95.0 Å². The first-order valence-corrected chi connectivity index (χ1v) is 5.49. The Balaban J connectivity index is 1.99. The molecule has 1 saturated heterocycles. The maximum Gasteiger partial charge on any atom is 0.410 e. The van der Waals surface area contributed by atoms with E-state index in [1.54, 1.807) is 4.90 Å². The molecule has 0 aliphatic carbocycles. The third-order valence-corrected chi connectivity index (χ3v) is 2.69. The van der Waals surface area contributed by atoms with Crippen LogP contribution in [0.15, 0.2) is 24.3 Å². The maximum absolute atomic E-state index is 11.4. The van der Waals surface area contributed by atoms with Crippen LogP contribution in [0.4, 0.5) is 4.79 Å². The lowest BCUT2D eigenvalue weighted by Gasteiger charge is -2.26. The minimum absolute atomic E-state index is 0.214. The summed E-state index contributed by atoms with van der Waals surface area (Å²) in [7, 11) is 0. The van der Waals surface area contributed by atoms with Gasteiger partial charge < -0.3 is 15.4 Å². The predicted molar refractivity (Wildman–Crippen MR) is 60.7 cm³/mol. The van der Waals surface area contributed by atoms with E-state index in [9.17, 15) is 4.79 Å². The normalized spacial score (nSPS) is 16.1. The Morgan fingerprint density at radius 2 is 1.94 bits per heavy atom.